The predicted octanol–water partition coefficient (Wildman–Crippen LogP) is 1.78. The Morgan fingerprint density at radius 2 is 2.25 bits per heavy atom. The van der Waals surface area contributed by atoms with E-state index in [1.807, 2.05) is 0 Å². The van der Waals surface area contributed by atoms with Gasteiger partial charge < -0.3 is 4.74 Å². The van der Waals surface area contributed by atoms with Gasteiger partial charge in [-0.2, -0.15) is 0 Å². The Bertz CT molecular complexity index is 220. The van der Waals surface area contributed by atoms with E-state index in [-0.39, 0.29) is 10.8 Å². The molecular weight excluding hydrogens is 152 g/mol. The molecule has 3 aliphatic rings. The summed E-state index contributed by atoms with van der Waals surface area (Å²) in [4.78, 5) is 11.8. The Balaban J connectivity index is 2.16. The van der Waals surface area contributed by atoms with Gasteiger partial charge in [0.15, 0.2) is 0 Å². The highest BCUT2D eigenvalue weighted by Gasteiger charge is 2.62. The maximum atomic E-state index is 11.8. The summed E-state index contributed by atoms with van der Waals surface area (Å²) in [5.41, 5.74) is -0.0431. The van der Waals surface area contributed by atoms with Gasteiger partial charge in [0.05, 0.1) is 12.0 Å². The predicted molar refractivity (Wildman–Crippen MR) is 45.9 cm³/mol. The molecular formula is C10H16O2. The number of hydrogen-bond acceptors (Lipinski definition) is 2. The van der Waals surface area contributed by atoms with Crippen LogP contribution in [0.1, 0.15) is 32.6 Å². The Hall–Kier alpha value is -0.370. The normalized spacial score (nSPS) is 45.7. The second kappa shape index (κ2) is 2.32. The minimum Gasteiger partial charge on any atom is -0.384 e. The van der Waals surface area contributed by atoms with Gasteiger partial charge in [-0.3, -0.25) is 4.79 Å². The van der Waals surface area contributed by atoms with Crippen LogP contribution in [0, 0.1) is 10.8 Å². The van der Waals surface area contributed by atoms with E-state index < -0.39 is 0 Å². The van der Waals surface area contributed by atoms with Crippen molar-refractivity contribution >= 4 is 5.78 Å². The standard InChI is InChI=1S/C10H16O2/c1-9-4-3-5-10(6-9,7-12-2)8(9)11/h3-7H2,1-2H3. The lowest BCUT2D eigenvalue weighted by Crippen LogP contribution is -2.60. The maximum Gasteiger partial charge on any atom is 0.147 e. The quantitative estimate of drug-likeness (QED) is 0.628. The highest BCUT2D eigenvalue weighted by Crippen LogP contribution is 2.60. The molecule has 0 saturated heterocycles. The van der Waals surface area contributed by atoms with E-state index in [2.05, 4.69) is 6.92 Å². The molecule has 2 heteroatoms. The van der Waals surface area contributed by atoms with Crippen molar-refractivity contribution in [3.63, 3.8) is 0 Å². The van der Waals surface area contributed by atoms with Crippen LogP contribution in [0.3, 0.4) is 0 Å². The average Bonchev–Trinajstić information content (AvgIpc) is 2.04. The fraction of sp³-hybridized carbons (Fsp3) is 0.900. The highest BCUT2D eigenvalue weighted by molar-refractivity contribution is 5.97. The second-order valence-corrected chi connectivity index (χ2v) is 4.63. The van der Waals surface area contributed by atoms with Gasteiger partial charge in [-0.1, -0.05) is 13.3 Å². The van der Waals surface area contributed by atoms with E-state index >= 15 is 0 Å². The number of methoxy groups -OCH3 is 1. The Morgan fingerprint density at radius 3 is 2.83 bits per heavy atom. The van der Waals surface area contributed by atoms with Gasteiger partial charge in [0.2, 0.25) is 0 Å². The zero-order valence-electron chi connectivity index (χ0n) is 7.85. The van der Waals surface area contributed by atoms with Crippen LogP contribution in [0.5, 0.6) is 0 Å². The molecule has 0 aromatic carbocycles. The van der Waals surface area contributed by atoms with Gasteiger partial charge in [-0.05, 0) is 19.3 Å². The van der Waals surface area contributed by atoms with Crippen LogP contribution >= 0.6 is 0 Å². The molecule has 3 rings (SSSR count). The molecule has 3 saturated carbocycles. The molecule has 2 bridgehead atoms. The summed E-state index contributed by atoms with van der Waals surface area (Å²) < 4.78 is 5.12. The number of fused-ring (bicyclic) bond motifs is 2. The number of carbonyl (C=O) groups is 1. The molecule has 68 valence electrons. The molecule has 3 aliphatic carbocycles. The Kier molecular flexibility index (Phi) is 1.59. The lowest BCUT2D eigenvalue weighted by Gasteiger charge is -2.57. The average molecular weight is 168 g/mol. The van der Waals surface area contributed by atoms with E-state index in [0.29, 0.717) is 12.4 Å². The molecule has 0 N–H and O–H groups in total. The molecule has 0 aromatic rings. The van der Waals surface area contributed by atoms with Crippen LogP contribution in [0.4, 0.5) is 0 Å². The van der Waals surface area contributed by atoms with E-state index in [0.717, 1.165) is 19.3 Å². The molecule has 2 nitrogen and oxygen atoms in total. The fourth-order valence-electron chi connectivity index (χ4n) is 3.13. The summed E-state index contributed by atoms with van der Waals surface area (Å²) in [7, 11) is 1.69. The van der Waals surface area contributed by atoms with Crippen molar-refractivity contribution in [1.82, 2.24) is 0 Å². The smallest absolute Gasteiger partial charge is 0.147 e. The second-order valence-electron chi connectivity index (χ2n) is 4.63. The van der Waals surface area contributed by atoms with Gasteiger partial charge in [-0.15, -0.1) is 0 Å². The minimum atomic E-state index is -0.0677. The number of ketones is 1. The first kappa shape index (κ1) is 8.24. The third-order valence-corrected chi connectivity index (χ3v) is 3.56. The molecule has 3 fully saturated rings. The molecule has 2 unspecified atom stereocenters. The van der Waals surface area contributed by atoms with Crippen molar-refractivity contribution in [3.05, 3.63) is 0 Å². The van der Waals surface area contributed by atoms with Crippen LogP contribution in [0.25, 0.3) is 0 Å². The number of rotatable bonds is 2. The molecule has 0 amide bonds. The summed E-state index contributed by atoms with van der Waals surface area (Å²) in [5, 5.41) is 0. The lowest BCUT2D eigenvalue weighted by molar-refractivity contribution is -0.172. The minimum absolute atomic E-state index is 0.0246. The topological polar surface area (TPSA) is 26.3 Å². The SMILES string of the molecule is COCC12CCCC(C)(C1)C2=O. The summed E-state index contributed by atoms with van der Waals surface area (Å²) >= 11 is 0. The van der Waals surface area contributed by atoms with Crippen molar-refractivity contribution in [1.29, 1.82) is 0 Å². The van der Waals surface area contributed by atoms with Gasteiger partial charge in [0.25, 0.3) is 0 Å². The molecule has 12 heavy (non-hydrogen) atoms. The van der Waals surface area contributed by atoms with Crippen molar-refractivity contribution in [2.45, 2.75) is 32.6 Å². The van der Waals surface area contributed by atoms with Crippen LogP contribution in [-0.2, 0) is 9.53 Å². The molecule has 0 aliphatic heterocycles. The monoisotopic (exact) mass is 168 g/mol. The Morgan fingerprint density at radius 1 is 1.50 bits per heavy atom. The first-order valence-corrected chi connectivity index (χ1v) is 4.67. The van der Waals surface area contributed by atoms with E-state index in [1.54, 1.807) is 7.11 Å². The molecule has 0 aromatic heterocycles. The van der Waals surface area contributed by atoms with E-state index in [9.17, 15) is 4.79 Å². The van der Waals surface area contributed by atoms with Crippen molar-refractivity contribution in [2.24, 2.45) is 10.8 Å². The fourth-order valence-corrected chi connectivity index (χ4v) is 3.13. The summed E-state index contributed by atoms with van der Waals surface area (Å²) in [6, 6.07) is 0. The Labute approximate surface area is 73.3 Å². The van der Waals surface area contributed by atoms with Crippen molar-refractivity contribution in [2.75, 3.05) is 13.7 Å². The van der Waals surface area contributed by atoms with Crippen LogP contribution in [-0.4, -0.2) is 19.5 Å². The largest absolute Gasteiger partial charge is 0.384 e. The van der Waals surface area contributed by atoms with Crippen LogP contribution in [0.2, 0.25) is 0 Å². The number of ether oxygens (including phenoxy) is 1. The zero-order valence-corrected chi connectivity index (χ0v) is 7.85. The zero-order chi connectivity index (χ0) is 8.82. The summed E-state index contributed by atoms with van der Waals surface area (Å²) in [6.45, 7) is 2.74. The molecule has 0 spiro atoms. The van der Waals surface area contributed by atoms with Crippen molar-refractivity contribution < 1.29 is 9.53 Å². The highest BCUT2D eigenvalue weighted by atomic mass is 16.5. The van der Waals surface area contributed by atoms with Gasteiger partial charge in [0.1, 0.15) is 5.78 Å². The molecule has 0 heterocycles. The number of Topliss-reactive ketones (excluding diaryl/α,β-unsaturated/α-hetero) is 1. The van der Waals surface area contributed by atoms with E-state index in [1.165, 1.54) is 6.42 Å². The van der Waals surface area contributed by atoms with Gasteiger partial charge >= 0.3 is 0 Å². The van der Waals surface area contributed by atoms with E-state index in [4.69, 9.17) is 4.74 Å². The maximum absolute atomic E-state index is 11.8. The van der Waals surface area contributed by atoms with Gasteiger partial charge in [0, 0.05) is 12.5 Å². The number of hydrogen-bond donors (Lipinski definition) is 0. The lowest BCUT2D eigenvalue weighted by atomic mass is 9.46. The molecule has 0 radical (unpaired) electrons. The van der Waals surface area contributed by atoms with Gasteiger partial charge in [-0.25, -0.2) is 0 Å². The summed E-state index contributed by atoms with van der Waals surface area (Å²) in [5.74, 6) is 0.461. The third kappa shape index (κ3) is 0.817. The van der Waals surface area contributed by atoms with Crippen LogP contribution in [0.15, 0.2) is 0 Å². The van der Waals surface area contributed by atoms with Crippen LogP contribution < -0.4 is 0 Å². The number of carbonyl (C=O) groups excluding carboxylic acids is 1. The summed E-state index contributed by atoms with van der Waals surface area (Å²) in [6.07, 6.45) is 4.41. The molecule has 2 atom stereocenters. The van der Waals surface area contributed by atoms with Crippen molar-refractivity contribution in [3.8, 4) is 0 Å². The first-order chi connectivity index (χ1) is 5.63. The third-order valence-electron chi connectivity index (χ3n) is 3.56. The first-order valence-electron chi connectivity index (χ1n) is 4.67.